The van der Waals surface area contributed by atoms with Crippen LogP contribution in [0.4, 0.5) is 5.82 Å². The molecule has 1 fully saturated rings. The highest BCUT2D eigenvalue weighted by molar-refractivity contribution is 6.39. The van der Waals surface area contributed by atoms with Crippen molar-refractivity contribution in [3.8, 4) is 0 Å². The van der Waals surface area contributed by atoms with Crippen LogP contribution in [-0.2, 0) is 9.59 Å². The van der Waals surface area contributed by atoms with Crippen LogP contribution < -0.4 is 4.90 Å². The van der Waals surface area contributed by atoms with Gasteiger partial charge in [-0.25, -0.2) is 5.01 Å². The van der Waals surface area contributed by atoms with Gasteiger partial charge < -0.3 is 9.80 Å². The van der Waals surface area contributed by atoms with Crippen LogP contribution >= 0.6 is 0 Å². The van der Waals surface area contributed by atoms with E-state index in [1.807, 2.05) is 24.1 Å². The molecule has 1 aromatic rings. The zero-order valence-electron chi connectivity index (χ0n) is 14.1. The van der Waals surface area contributed by atoms with E-state index >= 15 is 0 Å². The second kappa shape index (κ2) is 6.94. The maximum absolute atomic E-state index is 12.6. The standard InChI is InChI=1S/C16H22N6O2/c1-20(14-4-3-9-17-18-14)12-7-10-22(11-8-12)16(24)13-5-6-15(23)21(2)19-13/h3-4,9,12H,5-8,10-11H2,1-2H3. The summed E-state index contributed by atoms with van der Waals surface area (Å²) in [5.41, 5.74) is 0.484. The molecule has 0 N–H and O–H groups in total. The van der Waals surface area contributed by atoms with E-state index < -0.39 is 0 Å². The minimum absolute atomic E-state index is 0.0455. The van der Waals surface area contributed by atoms with Crippen LogP contribution in [0.1, 0.15) is 25.7 Å². The molecule has 0 bridgehead atoms. The van der Waals surface area contributed by atoms with Gasteiger partial charge in [0.2, 0.25) is 5.91 Å². The summed E-state index contributed by atoms with van der Waals surface area (Å²) in [4.78, 5) is 28.0. The molecule has 0 aliphatic carbocycles. The van der Waals surface area contributed by atoms with E-state index in [9.17, 15) is 9.59 Å². The number of rotatable bonds is 3. The number of amides is 2. The van der Waals surface area contributed by atoms with Gasteiger partial charge in [0.1, 0.15) is 5.71 Å². The predicted molar refractivity (Wildman–Crippen MR) is 89.5 cm³/mol. The lowest BCUT2D eigenvalue weighted by Gasteiger charge is -2.37. The second-order valence-electron chi connectivity index (χ2n) is 6.18. The highest BCUT2D eigenvalue weighted by Crippen LogP contribution is 2.21. The maximum Gasteiger partial charge on any atom is 0.270 e. The van der Waals surface area contributed by atoms with Gasteiger partial charge in [0.15, 0.2) is 5.82 Å². The number of likely N-dealkylation sites (tertiary alicyclic amines) is 1. The molecule has 0 atom stereocenters. The van der Waals surface area contributed by atoms with Crippen molar-refractivity contribution in [2.24, 2.45) is 5.10 Å². The monoisotopic (exact) mass is 330 g/mol. The first-order valence-corrected chi connectivity index (χ1v) is 8.20. The zero-order chi connectivity index (χ0) is 17.1. The van der Waals surface area contributed by atoms with Crippen LogP contribution in [0.2, 0.25) is 0 Å². The second-order valence-corrected chi connectivity index (χ2v) is 6.18. The summed E-state index contributed by atoms with van der Waals surface area (Å²) in [6.45, 7) is 1.37. The van der Waals surface area contributed by atoms with Crippen LogP contribution in [-0.4, -0.2) is 70.9 Å². The summed E-state index contributed by atoms with van der Waals surface area (Å²) < 4.78 is 0. The molecule has 2 aliphatic rings. The van der Waals surface area contributed by atoms with Crippen LogP contribution in [0, 0.1) is 0 Å². The Balaban J connectivity index is 1.58. The lowest BCUT2D eigenvalue weighted by molar-refractivity contribution is -0.130. The van der Waals surface area contributed by atoms with E-state index in [4.69, 9.17) is 0 Å². The Morgan fingerprint density at radius 2 is 2.04 bits per heavy atom. The largest absolute Gasteiger partial charge is 0.355 e. The Morgan fingerprint density at radius 1 is 1.29 bits per heavy atom. The van der Waals surface area contributed by atoms with Gasteiger partial charge >= 0.3 is 0 Å². The first-order valence-electron chi connectivity index (χ1n) is 8.20. The summed E-state index contributed by atoms with van der Waals surface area (Å²) in [6.07, 6.45) is 4.20. The van der Waals surface area contributed by atoms with Crippen LogP contribution in [0.3, 0.4) is 0 Å². The Bertz CT molecular complexity index is 639. The Kier molecular flexibility index (Phi) is 4.73. The number of piperidine rings is 1. The molecule has 3 rings (SSSR count). The van der Waals surface area contributed by atoms with Gasteiger partial charge in [0.25, 0.3) is 5.91 Å². The number of nitrogens with zero attached hydrogens (tertiary/aromatic N) is 6. The quantitative estimate of drug-likeness (QED) is 0.806. The average molecular weight is 330 g/mol. The molecule has 0 saturated carbocycles. The molecule has 24 heavy (non-hydrogen) atoms. The number of hydrogen-bond donors (Lipinski definition) is 0. The van der Waals surface area contributed by atoms with Crippen molar-refractivity contribution in [2.45, 2.75) is 31.7 Å². The normalized spacial score (nSPS) is 19.2. The van der Waals surface area contributed by atoms with Crippen molar-refractivity contribution in [1.82, 2.24) is 20.1 Å². The number of hydrazone groups is 1. The fraction of sp³-hybridized carbons (Fsp3) is 0.562. The van der Waals surface area contributed by atoms with Gasteiger partial charge in [-0.3, -0.25) is 9.59 Å². The van der Waals surface area contributed by atoms with Crippen molar-refractivity contribution in [3.05, 3.63) is 18.3 Å². The Hall–Kier alpha value is -2.51. The van der Waals surface area contributed by atoms with E-state index in [2.05, 4.69) is 20.2 Å². The molecule has 0 unspecified atom stereocenters. The van der Waals surface area contributed by atoms with E-state index in [1.54, 1.807) is 13.2 Å². The van der Waals surface area contributed by atoms with Crippen LogP contribution in [0.15, 0.2) is 23.4 Å². The molecular weight excluding hydrogens is 308 g/mol. The van der Waals surface area contributed by atoms with E-state index in [0.29, 0.717) is 37.7 Å². The first-order chi connectivity index (χ1) is 11.6. The first kappa shape index (κ1) is 16.4. The van der Waals surface area contributed by atoms with Gasteiger partial charge in [-0.1, -0.05) is 0 Å². The molecule has 2 amide bonds. The average Bonchev–Trinajstić information content (AvgIpc) is 2.63. The zero-order valence-corrected chi connectivity index (χ0v) is 14.1. The van der Waals surface area contributed by atoms with Gasteiger partial charge in [0, 0.05) is 52.3 Å². The molecule has 8 heteroatoms. The smallest absolute Gasteiger partial charge is 0.270 e. The third-order valence-electron chi connectivity index (χ3n) is 4.67. The summed E-state index contributed by atoms with van der Waals surface area (Å²) in [5.74, 6) is 0.755. The summed E-state index contributed by atoms with van der Waals surface area (Å²) in [7, 11) is 3.61. The van der Waals surface area contributed by atoms with Gasteiger partial charge in [0.05, 0.1) is 0 Å². The van der Waals surface area contributed by atoms with E-state index in [0.717, 1.165) is 18.7 Å². The fourth-order valence-electron chi connectivity index (χ4n) is 3.13. The van der Waals surface area contributed by atoms with Crippen molar-refractivity contribution >= 4 is 23.3 Å². The molecule has 1 saturated heterocycles. The van der Waals surface area contributed by atoms with Crippen molar-refractivity contribution in [2.75, 3.05) is 32.1 Å². The lowest BCUT2D eigenvalue weighted by atomic mass is 10.0. The number of carbonyl (C=O) groups is 2. The third-order valence-corrected chi connectivity index (χ3v) is 4.67. The van der Waals surface area contributed by atoms with Gasteiger partial charge in [-0.15, -0.1) is 5.10 Å². The molecular formula is C16H22N6O2. The van der Waals surface area contributed by atoms with Crippen molar-refractivity contribution < 1.29 is 9.59 Å². The summed E-state index contributed by atoms with van der Waals surface area (Å²) >= 11 is 0. The molecule has 0 radical (unpaired) electrons. The molecule has 0 aromatic carbocycles. The Labute approximate surface area is 141 Å². The topological polar surface area (TPSA) is 82.0 Å². The Morgan fingerprint density at radius 3 is 2.67 bits per heavy atom. The number of aromatic nitrogens is 2. The lowest BCUT2D eigenvalue weighted by Crippen LogP contribution is -2.48. The molecule has 8 nitrogen and oxygen atoms in total. The number of anilines is 1. The molecule has 0 spiro atoms. The molecule has 3 heterocycles. The highest BCUT2D eigenvalue weighted by Gasteiger charge is 2.30. The third kappa shape index (κ3) is 3.37. The molecule has 2 aliphatic heterocycles. The summed E-state index contributed by atoms with van der Waals surface area (Å²) in [5, 5.41) is 13.4. The van der Waals surface area contributed by atoms with Gasteiger partial charge in [-0.2, -0.15) is 10.2 Å². The van der Waals surface area contributed by atoms with Crippen molar-refractivity contribution in [1.29, 1.82) is 0 Å². The van der Waals surface area contributed by atoms with E-state index in [-0.39, 0.29) is 11.8 Å². The fourth-order valence-corrected chi connectivity index (χ4v) is 3.13. The van der Waals surface area contributed by atoms with Crippen LogP contribution in [0.5, 0.6) is 0 Å². The number of carbonyl (C=O) groups excluding carboxylic acids is 2. The van der Waals surface area contributed by atoms with Crippen LogP contribution in [0.25, 0.3) is 0 Å². The van der Waals surface area contributed by atoms with E-state index in [1.165, 1.54) is 5.01 Å². The van der Waals surface area contributed by atoms with Gasteiger partial charge in [-0.05, 0) is 25.0 Å². The summed E-state index contributed by atoms with van der Waals surface area (Å²) in [6, 6.07) is 4.15. The highest BCUT2D eigenvalue weighted by atomic mass is 16.2. The SMILES string of the molecule is CN1N=C(C(=O)N2CCC(N(C)c3cccnn3)CC2)CCC1=O. The number of hydrogen-bond acceptors (Lipinski definition) is 6. The molecule has 1 aromatic heterocycles. The predicted octanol–water partition coefficient (Wildman–Crippen LogP) is 0.512. The molecule has 128 valence electrons. The minimum Gasteiger partial charge on any atom is -0.355 e. The van der Waals surface area contributed by atoms with Crippen molar-refractivity contribution in [3.63, 3.8) is 0 Å². The maximum atomic E-state index is 12.6. The minimum atomic E-state index is -0.0463.